The van der Waals surface area contributed by atoms with Crippen molar-refractivity contribution in [1.82, 2.24) is 14.8 Å². The van der Waals surface area contributed by atoms with Gasteiger partial charge in [-0.15, -0.1) is 5.10 Å². The molecule has 1 saturated carbocycles. The van der Waals surface area contributed by atoms with E-state index in [-0.39, 0.29) is 11.7 Å². The molecule has 0 saturated heterocycles. The van der Waals surface area contributed by atoms with Gasteiger partial charge in [0.2, 0.25) is 0 Å². The third-order valence-corrected chi connectivity index (χ3v) is 3.82. The van der Waals surface area contributed by atoms with Crippen LogP contribution < -0.4 is 4.74 Å². The van der Waals surface area contributed by atoms with Gasteiger partial charge >= 0.3 is 5.97 Å². The summed E-state index contributed by atoms with van der Waals surface area (Å²) in [5.74, 6) is 0.355. The first-order chi connectivity index (χ1) is 9.60. The molecule has 0 aliphatic heterocycles. The highest BCUT2D eigenvalue weighted by Gasteiger charge is 2.32. The zero-order valence-corrected chi connectivity index (χ0v) is 12.3. The van der Waals surface area contributed by atoms with Crippen molar-refractivity contribution in [2.45, 2.75) is 18.8 Å². The summed E-state index contributed by atoms with van der Waals surface area (Å²) in [5, 5.41) is 13.2. The number of hydrogen-bond donors (Lipinski definition) is 1. The number of rotatable bonds is 4. The van der Waals surface area contributed by atoms with E-state index in [2.05, 4.69) is 26.0 Å². The zero-order chi connectivity index (χ0) is 14.3. The summed E-state index contributed by atoms with van der Waals surface area (Å²) in [4.78, 5) is 15.2. The Bertz CT molecular complexity index is 679. The second kappa shape index (κ2) is 4.90. The lowest BCUT2D eigenvalue weighted by Gasteiger charge is -2.09. The average Bonchev–Trinajstić information content (AvgIpc) is 3.18. The molecule has 1 aliphatic carbocycles. The van der Waals surface area contributed by atoms with Crippen LogP contribution in [0.15, 0.2) is 22.7 Å². The summed E-state index contributed by atoms with van der Waals surface area (Å²) in [7, 11) is 1.58. The van der Waals surface area contributed by atoms with Crippen LogP contribution >= 0.6 is 15.9 Å². The minimum absolute atomic E-state index is 0.179. The number of carboxylic acid groups (broad SMARTS) is 1. The lowest BCUT2D eigenvalue weighted by atomic mass is 10.3. The van der Waals surface area contributed by atoms with Gasteiger partial charge in [0, 0.05) is 16.5 Å². The Balaban J connectivity index is 2.15. The summed E-state index contributed by atoms with van der Waals surface area (Å²) < 4.78 is 7.60. The molecule has 1 N–H and O–H groups in total. The molecule has 3 rings (SSSR count). The molecule has 0 atom stereocenters. The van der Waals surface area contributed by atoms with Crippen molar-refractivity contribution in [3.63, 3.8) is 0 Å². The third kappa shape index (κ3) is 2.29. The van der Waals surface area contributed by atoms with Gasteiger partial charge in [0.05, 0.1) is 12.8 Å². The van der Waals surface area contributed by atoms with Gasteiger partial charge in [-0.2, -0.15) is 0 Å². The monoisotopic (exact) mass is 337 g/mol. The molecule has 0 amide bonds. The number of aromatic nitrogens is 3. The summed E-state index contributed by atoms with van der Waals surface area (Å²) in [6.07, 6.45) is 2.03. The lowest BCUT2D eigenvalue weighted by Crippen LogP contribution is -2.04. The van der Waals surface area contributed by atoms with Gasteiger partial charge in [-0.1, -0.05) is 0 Å². The highest BCUT2D eigenvalue weighted by Crippen LogP contribution is 2.40. The Hall–Kier alpha value is -1.89. The number of nitrogens with zero attached hydrogens (tertiary/aromatic N) is 3. The largest absolute Gasteiger partial charge is 0.497 e. The third-order valence-electron chi connectivity index (χ3n) is 3.15. The fourth-order valence-corrected chi connectivity index (χ4v) is 2.39. The van der Waals surface area contributed by atoms with Crippen LogP contribution in [0.25, 0.3) is 5.69 Å². The van der Waals surface area contributed by atoms with Crippen LogP contribution in [0.2, 0.25) is 0 Å². The van der Waals surface area contributed by atoms with E-state index in [4.69, 9.17) is 9.84 Å². The van der Waals surface area contributed by atoms with E-state index < -0.39 is 5.97 Å². The Kier molecular flexibility index (Phi) is 3.21. The maximum absolute atomic E-state index is 11.1. The zero-order valence-electron chi connectivity index (χ0n) is 10.7. The molecule has 0 spiro atoms. The molecule has 6 nitrogen and oxygen atoms in total. The van der Waals surface area contributed by atoms with Gasteiger partial charge in [0.1, 0.15) is 11.6 Å². The first-order valence-corrected chi connectivity index (χ1v) is 6.93. The molecule has 1 fully saturated rings. The molecule has 7 heteroatoms. The number of ether oxygens (including phenoxy) is 1. The van der Waals surface area contributed by atoms with Crippen LogP contribution in [0.3, 0.4) is 0 Å². The minimum atomic E-state index is -1.12. The number of methoxy groups -OCH3 is 1. The van der Waals surface area contributed by atoms with Crippen LogP contribution in [0.4, 0.5) is 0 Å². The van der Waals surface area contributed by atoms with E-state index in [9.17, 15) is 4.79 Å². The van der Waals surface area contributed by atoms with Crippen molar-refractivity contribution in [2.75, 3.05) is 7.11 Å². The fraction of sp³-hybridized carbons (Fsp3) is 0.308. The van der Waals surface area contributed by atoms with Crippen LogP contribution in [0, 0.1) is 0 Å². The van der Waals surface area contributed by atoms with Crippen molar-refractivity contribution in [3.05, 3.63) is 34.3 Å². The molecule has 1 aliphatic rings. The smallest absolute Gasteiger partial charge is 0.375 e. The summed E-state index contributed by atoms with van der Waals surface area (Å²) in [6, 6.07) is 5.46. The first-order valence-electron chi connectivity index (χ1n) is 6.14. The first kappa shape index (κ1) is 13.1. The van der Waals surface area contributed by atoms with Gasteiger partial charge in [0.15, 0.2) is 0 Å². The maximum Gasteiger partial charge on any atom is 0.375 e. The molecule has 1 aromatic heterocycles. The highest BCUT2D eigenvalue weighted by atomic mass is 79.9. The number of benzene rings is 1. The standard InChI is InChI=1S/C13H12BrN3O3/c1-20-8-4-5-9(14)10(6-8)17-12(7-2-3-7)15-11(16-17)13(18)19/h4-7H,2-3H2,1H3,(H,18,19). The lowest BCUT2D eigenvalue weighted by molar-refractivity contribution is 0.0683. The molecular formula is C13H12BrN3O3. The summed E-state index contributed by atoms with van der Waals surface area (Å²) in [6.45, 7) is 0. The van der Waals surface area contributed by atoms with E-state index in [1.54, 1.807) is 17.9 Å². The number of halogens is 1. The quantitative estimate of drug-likeness (QED) is 0.927. The predicted molar refractivity (Wildman–Crippen MR) is 74.5 cm³/mol. The molecular weight excluding hydrogens is 326 g/mol. The van der Waals surface area contributed by atoms with Crippen molar-refractivity contribution < 1.29 is 14.6 Å². The fourth-order valence-electron chi connectivity index (χ4n) is 1.98. The molecule has 0 unspecified atom stereocenters. The SMILES string of the molecule is COc1ccc(Br)c(-n2nc(C(=O)O)nc2C2CC2)c1. The number of aromatic carboxylic acids is 1. The predicted octanol–water partition coefficient (Wildman–Crippen LogP) is 2.61. The van der Waals surface area contributed by atoms with Crippen LogP contribution in [-0.2, 0) is 0 Å². The molecule has 1 aromatic carbocycles. The van der Waals surface area contributed by atoms with E-state index in [1.807, 2.05) is 12.1 Å². The number of hydrogen-bond acceptors (Lipinski definition) is 4. The van der Waals surface area contributed by atoms with Gasteiger partial charge in [0.25, 0.3) is 5.82 Å². The molecule has 104 valence electrons. The van der Waals surface area contributed by atoms with E-state index >= 15 is 0 Å². The minimum Gasteiger partial charge on any atom is -0.497 e. The summed E-state index contributed by atoms with van der Waals surface area (Å²) >= 11 is 3.45. The van der Waals surface area contributed by atoms with E-state index in [0.29, 0.717) is 11.6 Å². The highest BCUT2D eigenvalue weighted by molar-refractivity contribution is 9.10. The molecule has 0 radical (unpaired) electrons. The Labute approximate surface area is 123 Å². The van der Waals surface area contributed by atoms with Crippen molar-refractivity contribution in [1.29, 1.82) is 0 Å². The van der Waals surface area contributed by atoms with Crippen molar-refractivity contribution in [3.8, 4) is 11.4 Å². The van der Waals surface area contributed by atoms with Gasteiger partial charge in [-0.3, -0.25) is 0 Å². The second-order valence-electron chi connectivity index (χ2n) is 4.60. The van der Waals surface area contributed by atoms with Crippen molar-refractivity contribution >= 4 is 21.9 Å². The summed E-state index contributed by atoms with van der Waals surface area (Å²) in [5.41, 5.74) is 0.728. The normalized spacial score (nSPS) is 14.3. The average molecular weight is 338 g/mol. The Morgan fingerprint density at radius 1 is 1.50 bits per heavy atom. The topological polar surface area (TPSA) is 77.2 Å². The second-order valence-corrected chi connectivity index (χ2v) is 5.46. The maximum atomic E-state index is 11.1. The molecule has 20 heavy (non-hydrogen) atoms. The van der Waals surface area contributed by atoms with Crippen LogP contribution in [0.1, 0.15) is 35.2 Å². The number of carbonyl (C=O) groups is 1. The van der Waals surface area contributed by atoms with E-state index in [1.165, 1.54) is 0 Å². The van der Waals surface area contributed by atoms with Gasteiger partial charge < -0.3 is 9.84 Å². The molecule has 2 aromatic rings. The van der Waals surface area contributed by atoms with E-state index in [0.717, 1.165) is 23.0 Å². The Morgan fingerprint density at radius 2 is 2.25 bits per heavy atom. The molecule has 1 heterocycles. The van der Waals surface area contributed by atoms with Crippen molar-refractivity contribution in [2.24, 2.45) is 0 Å². The Morgan fingerprint density at radius 3 is 2.85 bits per heavy atom. The van der Waals surface area contributed by atoms with Crippen LogP contribution in [-0.4, -0.2) is 33.0 Å². The van der Waals surface area contributed by atoms with Gasteiger partial charge in [-0.05, 0) is 40.9 Å². The number of carboxylic acids is 1. The molecule has 0 bridgehead atoms. The van der Waals surface area contributed by atoms with Gasteiger partial charge in [-0.25, -0.2) is 14.5 Å². The van der Waals surface area contributed by atoms with Crippen LogP contribution in [0.5, 0.6) is 5.75 Å².